The molecular formula is C9H17NO5. The molecule has 0 aromatic heterocycles. The molecule has 0 radical (unpaired) electrons. The molecule has 0 aliphatic heterocycles. The number of hydroxylamine groups is 1. The van der Waals surface area contributed by atoms with E-state index in [4.69, 9.17) is 5.11 Å². The van der Waals surface area contributed by atoms with Crippen LogP contribution < -0.4 is 5.48 Å². The van der Waals surface area contributed by atoms with Crippen molar-refractivity contribution < 1.29 is 24.3 Å². The summed E-state index contributed by atoms with van der Waals surface area (Å²) in [6.45, 7) is 3.85. The lowest BCUT2D eigenvalue weighted by Gasteiger charge is -2.08. The molecule has 0 heterocycles. The number of amides is 1. The second-order valence-corrected chi connectivity index (χ2v) is 2.94. The highest BCUT2D eigenvalue weighted by Crippen LogP contribution is 1.93. The van der Waals surface area contributed by atoms with Gasteiger partial charge >= 0.3 is 12.1 Å². The van der Waals surface area contributed by atoms with Crippen molar-refractivity contribution >= 4 is 12.1 Å². The highest BCUT2D eigenvalue weighted by atomic mass is 16.7. The lowest BCUT2D eigenvalue weighted by Crippen LogP contribution is -2.33. The second kappa shape index (κ2) is 8.05. The third kappa shape index (κ3) is 6.73. The Balaban J connectivity index is 3.57. The zero-order valence-electron chi connectivity index (χ0n) is 8.99. The van der Waals surface area contributed by atoms with Crippen molar-refractivity contribution in [1.82, 2.24) is 5.48 Å². The number of rotatable bonds is 5. The van der Waals surface area contributed by atoms with Crippen LogP contribution >= 0.6 is 0 Å². The summed E-state index contributed by atoms with van der Waals surface area (Å²) in [5.74, 6) is -0.898. The van der Waals surface area contributed by atoms with E-state index in [9.17, 15) is 9.59 Å². The molecular weight excluding hydrogens is 202 g/mol. The summed E-state index contributed by atoms with van der Waals surface area (Å²) in [5.41, 5.74) is 1.79. The maximum absolute atomic E-state index is 10.9. The molecule has 0 saturated heterocycles. The summed E-state index contributed by atoms with van der Waals surface area (Å²) in [4.78, 5) is 26.0. The maximum Gasteiger partial charge on any atom is 0.440 e. The number of nitrogens with one attached hydrogen (secondary N) is 1. The Morgan fingerprint density at radius 3 is 2.60 bits per heavy atom. The van der Waals surface area contributed by atoms with Crippen LogP contribution in [0.3, 0.4) is 0 Å². The van der Waals surface area contributed by atoms with Gasteiger partial charge in [0.05, 0.1) is 6.61 Å². The van der Waals surface area contributed by atoms with E-state index < -0.39 is 18.2 Å². The van der Waals surface area contributed by atoms with Gasteiger partial charge in [0, 0.05) is 0 Å². The fourth-order valence-electron chi connectivity index (χ4n) is 0.665. The van der Waals surface area contributed by atoms with Crippen molar-refractivity contribution in [2.75, 3.05) is 6.61 Å². The summed E-state index contributed by atoms with van der Waals surface area (Å²) >= 11 is 0. The Hall–Kier alpha value is -1.30. The van der Waals surface area contributed by atoms with Crippen molar-refractivity contribution in [2.24, 2.45) is 0 Å². The minimum Gasteiger partial charge on any atom is -0.447 e. The lowest BCUT2D eigenvalue weighted by atomic mass is 10.3. The van der Waals surface area contributed by atoms with Gasteiger partial charge in [-0.15, -0.1) is 5.48 Å². The molecule has 6 nitrogen and oxygen atoms in total. The molecule has 0 aliphatic carbocycles. The maximum atomic E-state index is 10.9. The van der Waals surface area contributed by atoms with E-state index in [1.807, 2.05) is 6.92 Å². The average molecular weight is 219 g/mol. The molecule has 0 aliphatic rings. The standard InChI is InChI=1S/C9H17NO5/c1-3-5-6-14-9(13)10-15-8(12)7(11)4-2/h7,11H,3-6H2,1-2H3,(H,10,13). The number of ether oxygens (including phenoxy) is 1. The predicted molar refractivity (Wildman–Crippen MR) is 51.8 cm³/mol. The topological polar surface area (TPSA) is 84.9 Å². The lowest BCUT2D eigenvalue weighted by molar-refractivity contribution is -0.159. The molecule has 6 heteroatoms. The van der Waals surface area contributed by atoms with E-state index in [2.05, 4.69) is 9.57 Å². The van der Waals surface area contributed by atoms with Gasteiger partial charge < -0.3 is 14.7 Å². The Kier molecular flexibility index (Phi) is 7.35. The third-order valence-electron chi connectivity index (χ3n) is 1.62. The van der Waals surface area contributed by atoms with Crippen LogP contribution in [0.15, 0.2) is 0 Å². The number of carbonyl (C=O) groups excluding carboxylic acids is 2. The first-order valence-corrected chi connectivity index (χ1v) is 4.93. The number of hydrogen-bond acceptors (Lipinski definition) is 5. The Morgan fingerprint density at radius 1 is 1.40 bits per heavy atom. The molecule has 0 aromatic rings. The smallest absolute Gasteiger partial charge is 0.440 e. The molecule has 0 saturated carbocycles. The zero-order valence-corrected chi connectivity index (χ0v) is 8.99. The van der Waals surface area contributed by atoms with E-state index in [1.54, 1.807) is 12.4 Å². The third-order valence-corrected chi connectivity index (χ3v) is 1.62. The van der Waals surface area contributed by atoms with Gasteiger partial charge in [-0.3, -0.25) is 0 Å². The summed E-state index contributed by atoms with van der Waals surface area (Å²) in [6, 6.07) is 0. The quantitative estimate of drug-likeness (QED) is 0.526. The fraction of sp³-hybridized carbons (Fsp3) is 0.778. The van der Waals surface area contributed by atoms with Crippen LogP contribution in [0.5, 0.6) is 0 Å². The number of carbonyl (C=O) groups is 2. The minimum atomic E-state index is -1.22. The van der Waals surface area contributed by atoms with E-state index in [-0.39, 0.29) is 13.0 Å². The minimum absolute atomic E-state index is 0.228. The monoisotopic (exact) mass is 219 g/mol. The van der Waals surface area contributed by atoms with Gasteiger partial charge in [-0.1, -0.05) is 20.3 Å². The first-order valence-electron chi connectivity index (χ1n) is 4.93. The number of unbranched alkanes of at least 4 members (excludes halogenated alkanes) is 1. The molecule has 0 fully saturated rings. The van der Waals surface area contributed by atoms with Crippen LogP contribution in [0.2, 0.25) is 0 Å². The second-order valence-electron chi connectivity index (χ2n) is 2.94. The molecule has 15 heavy (non-hydrogen) atoms. The van der Waals surface area contributed by atoms with Crippen molar-refractivity contribution in [3.63, 3.8) is 0 Å². The molecule has 1 unspecified atom stereocenters. The Bertz CT molecular complexity index is 207. The van der Waals surface area contributed by atoms with Gasteiger partial charge in [-0.25, -0.2) is 9.59 Å². The van der Waals surface area contributed by atoms with Crippen LogP contribution in [0.25, 0.3) is 0 Å². The van der Waals surface area contributed by atoms with Gasteiger partial charge in [0.2, 0.25) is 0 Å². The van der Waals surface area contributed by atoms with Gasteiger partial charge in [-0.2, -0.15) is 0 Å². The number of aliphatic hydroxyl groups is 1. The van der Waals surface area contributed by atoms with Crippen LogP contribution in [0, 0.1) is 0 Å². The molecule has 0 spiro atoms. The van der Waals surface area contributed by atoms with Crippen LogP contribution in [0.1, 0.15) is 33.1 Å². The van der Waals surface area contributed by atoms with E-state index in [0.29, 0.717) is 0 Å². The van der Waals surface area contributed by atoms with Gasteiger partial charge in [-0.05, 0) is 12.8 Å². The van der Waals surface area contributed by atoms with E-state index in [0.717, 1.165) is 12.8 Å². The van der Waals surface area contributed by atoms with E-state index >= 15 is 0 Å². The number of aliphatic hydroxyl groups excluding tert-OH is 1. The molecule has 2 N–H and O–H groups in total. The van der Waals surface area contributed by atoms with Crippen molar-refractivity contribution in [2.45, 2.75) is 39.2 Å². The first-order chi connectivity index (χ1) is 7.11. The van der Waals surface area contributed by atoms with Gasteiger partial charge in [0.1, 0.15) is 0 Å². The largest absolute Gasteiger partial charge is 0.447 e. The van der Waals surface area contributed by atoms with Crippen LogP contribution in [-0.2, 0) is 14.4 Å². The highest BCUT2D eigenvalue weighted by molar-refractivity contribution is 5.76. The Morgan fingerprint density at radius 2 is 2.07 bits per heavy atom. The average Bonchev–Trinajstić information content (AvgIpc) is 2.25. The highest BCUT2D eigenvalue weighted by Gasteiger charge is 2.15. The van der Waals surface area contributed by atoms with Crippen molar-refractivity contribution in [3.05, 3.63) is 0 Å². The van der Waals surface area contributed by atoms with Crippen molar-refractivity contribution in [1.29, 1.82) is 0 Å². The summed E-state index contributed by atoms with van der Waals surface area (Å²) in [6.07, 6.45) is -0.174. The Labute approximate surface area is 88.5 Å². The fourth-order valence-corrected chi connectivity index (χ4v) is 0.665. The summed E-state index contributed by atoms with van der Waals surface area (Å²) in [7, 11) is 0. The van der Waals surface area contributed by atoms with Crippen LogP contribution in [-0.4, -0.2) is 29.9 Å². The normalized spacial score (nSPS) is 11.7. The molecule has 0 aromatic carbocycles. The predicted octanol–water partition coefficient (Wildman–Crippen LogP) is 0.742. The molecule has 88 valence electrons. The van der Waals surface area contributed by atoms with Crippen LogP contribution in [0.4, 0.5) is 4.79 Å². The molecule has 0 rings (SSSR count). The summed E-state index contributed by atoms with van der Waals surface area (Å²) in [5, 5.41) is 8.99. The SMILES string of the molecule is CCCCOC(=O)NOC(=O)C(O)CC. The molecule has 0 bridgehead atoms. The number of hydrogen-bond donors (Lipinski definition) is 2. The molecule has 1 amide bonds. The zero-order chi connectivity index (χ0) is 11.7. The molecule has 1 atom stereocenters. The van der Waals surface area contributed by atoms with Gasteiger partial charge in [0.15, 0.2) is 6.10 Å². The summed E-state index contributed by atoms with van der Waals surface area (Å²) < 4.78 is 4.64. The van der Waals surface area contributed by atoms with Crippen molar-refractivity contribution in [3.8, 4) is 0 Å². The first kappa shape index (κ1) is 13.7. The van der Waals surface area contributed by atoms with Gasteiger partial charge in [0.25, 0.3) is 0 Å². The van der Waals surface area contributed by atoms with E-state index in [1.165, 1.54) is 0 Å².